The van der Waals surface area contributed by atoms with Crippen LogP contribution in [0.3, 0.4) is 0 Å². The normalized spacial score (nSPS) is 11.4. The van der Waals surface area contributed by atoms with Gasteiger partial charge < -0.3 is 4.57 Å². The third kappa shape index (κ3) is 4.95. The standard InChI is InChI=1S/C46H27N5S/c47-28-29-10-8-13-33(26-29)46-49-44(30-11-2-1-3-12-30)48-45(50-46)31-20-23-34(24-21-31)51-40-18-6-4-14-36(40)39-27-32(22-25-41(39)51)35-16-9-17-38-37-15-5-7-19-42(37)52-43(35)38/h1-27H. The second-order valence-electron chi connectivity index (χ2n) is 12.8. The van der Waals surface area contributed by atoms with Gasteiger partial charge in [0.1, 0.15) is 0 Å². The molecule has 0 saturated carbocycles. The van der Waals surface area contributed by atoms with E-state index in [0.29, 0.717) is 23.0 Å². The highest BCUT2D eigenvalue weighted by molar-refractivity contribution is 7.26. The Labute approximate surface area is 303 Å². The molecule has 242 valence electrons. The predicted octanol–water partition coefficient (Wildman–Crippen LogP) is 11.9. The summed E-state index contributed by atoms with van der Waals surface area (Å²) in [5.74, 6) is 1.67. The molecule has 7 aromatic carbocycles. The third-order valence-corrected chi connectivity index (χ3v) is 10.9. The van der Waals surface area contributed by atoms with Crippen LogP contribution in [0, 0.1) is 11.3 Å². The molecule has 0 radical (unpaired) electrons. The Balaban J connectivity index is 1.09. The van der Waals surface area contributed by atoms with E-state index in [9.17, 15) is 5.26 Å². The minimum Gasteiger partial charge on any atom is -0.309 e. The summed E-state index contributed by atoms with van der Waals surface area (Å²) in [7, 11) is 0. The van der Waals surface area contributed by atoms with E-state index in [0.717, 1.165) is 33.4 Å². The summed E-state index contributed by atoms with van der Waals surface area (Å²) in [6.45, 7) is 0. The summed E-state index contributed by atoms with van der Waals surface area (Å²) in [6, 6.07) is 58.7. The van der Waals surface area contributed by atoms with Crippen LogP contribution in [0.5, 0.6) is 0 Å². The van der Waals surface area contributed by atoms with Crippen molar-refractivity contribution < 1.29 is 0 Å². The van der Waals surface area contributed by atoms with Crippen molar-refractivity contribution in [2.24, 2.45) is 0 Å². The van der Waals surface area contributed by atoms with Crippen LogP contribution in [-0.2, 0) is 0 Å². The Morgan fingerprint density at radius 2 is 1.08 bits per heavy atom. The van der Waals surface area contributed by atoms with E-state index in [1.54, 1.807) is 6.07 Å². The smallest absolute Gasteiger partial charge is 0.164 e. The van der Waals surface area contributed by atoms with Crippen LogP contribution in [-0.4, -0.2) is 19.5 Å². The number of hydrogen-bond donors (Lipinski definition) is 0. The van der Waals surface area contributed by atoms with E-state index >= 15 is 0 Å². The largest absolute Gasteiger partial charge is 0.309 e. The molecule has 0 fully saturated rings. The number of aromatic nitrogens is 4. The molecule has 10 rings (SSSR count). The molecule has 0 saturated heterocycles. The van der Waals surface area contributed by atoms with Gasteiger partial charge >= 0.3 is 0 Å². The zero-order valence-electron chi connectivity index (χ0n) is 27.7. The van der Waals surface area contributed by atoms with Gasteiger partial charge in [0.05, 0.1) is 22.7 Å². The van der Waals surface area contributed by atoms with Gasteiger partial charge in [-0.25, -0.2) is 15.0 Å². The number of para-hydroxylation sites is 1. The van der Waals surface area contributed by atoms with Gasteiger partial charge in [0, 0.05) is 53.3 Å². The number of rotatable bonds is 5. The van der Waals surface area contributed by atoms with Crippen molar-refractivity contribution in [1.29, 1.82) is 5.26 Å². The average Bonchev–Trinajstić information content (AvgIpc) is 3.77. The molecule has 10 aromatic rings. The number of nitriles is 1. The van der Waals surface area contributed by atoms with Crippen molar-refractivity contribution >= 4 is 53.3 Å². The SMILES string of the molecule is N#Cc1cccc(-c2nc(-c3ccccc3)nc(-c3ccc(-n4c5ccccc5c5cc(-c6cccc7c6sc6ccccc67)ccc54)cc3)n2)c1. The monoisotopic (exact) mass is 681 g/mol. The van der Waals surface area contributed by atoms with E-state index in [-0.39, 0.29) is 0 Å². The van der Waals surface area contributed by atoms with Crippen molar-refractivity contribution in [2.45, 2.75) is 0 Å². The lowest BCUT2D eigenvalue weighted by atomic mass is 10.0. The minimum absolute atomic E-state index is 0.523. The zero-order chi connectivity index (χ0) is 34.6. The molecule has 0 aliphatic heterocycles. The van der Waals surface area contributed by atoms with Crippen LogP contribution >= 0.6 is 11.3 Å². The molecule has 0 unspecified atom stereocenters. The maximum atomic E-state index is 9.53. The van der Waals surface area contributed by atoms with Gasteiger partial charge in [-0.05, 0) is 71.8 Å². The maximum absolute atomic E-state index is 9.53. The molecule has 3 heterocycles. The molecule has 0 N–H and O–H groups in total. The molecular weight excluding hydrogens is 655 g/mol. The number of benzene rings is 7. The topological polar surface area (TPSA) is 67.4 Å². The van der Waals surface area contributed by atoms with E-state index in [1.807, 2.05) is 59.9 Å². The third-order valence-electron chi connectivity index (χ3n) is 9.69. The lowest BCUT2D eigenvalue weighted by Gasteiger charge is -2.11. The van der Waals surface area contributed by atoms with E-state index < -0.39 is 0 Å². The zero-order valence-corrected chi connectivity index (χ0v) is 28.5. The first-order valence-electron chi connectivity index (χ1n) is 17.1. The van der Waals surface area contributed by atoms with Crippen molar-refractivity contribution in [1.82, 2.24) is 19.5 Å². The highest BCUT2D eigenvalue weighted by Gasteiger charge is 2.17. The molecule has 0 spiro atoms. The Morgan fingerprint density at radius 3 is 1.88 bits per heavy atom. The Kier molecular flexibility index (Phi) is 6.98. The van der Waals surface area contributed by atoms with Crippen LogP contribution in [0.2, 0.25) is 0 Å². The molecule has 6 heteroatoms. The lowest BCUT2D eigenvalue weighted by molar-refractivity contribution is 1.07. The van der Waals surface area contributed by atoms with Crippen molar-refractivity contribution in [2.75, 3.05) is 0 Å². The first-order valence-corrected chi connectivity index (χ1v) is 17.9. The first-order chi connectivity index (χ1) is 25.7. The van der Waals surface area contributed by atoms with Crippen LogP contribution < -0.4 is 0 Å². The van der Waals surface area contributed by atoms with Crippen LogP contribution in [0.25, 0.3) is 93.0 Å². The summed E-state index contributed by atoms with van der Waals surface area (Å²) >= 11 is 1.86. The first kappa shape index (κ1) is 29.9. The van der Waals surface area contributed by atoms with Crippen molar-refractivity contribution in [3.05, 3.63) is 169 Å². The summed E-state index contributed by atoms with van der Waals surface area (Å²) in [5.41, 5.74) is 8.91. The van der Waals surface area contributed by atoms with Gasteiger partial charge in [-0.1, -0.05) is 103 Å². The Bertz CT molecular complexity index is 3020. The Hall–Kier alpha value is -6.94. The van der Waals surface area contributed by atoms with Crippen LogP contribution in [0.15, 0.2) is 164 Å². The molecule has 0 aliphatic carbocycles. The summed E-state index contributed by atoms with van der Waals surface area (Å²) < 4.78 is 4.96. The van der Waals surface area contributed by atoms with E-state index in [2.05, 4.69) is 120 Å². The summed E-state index contributed by atoms with van der Waals surface area (Å²) in [4.78, 5) is 14.6. The Morgan fingerprint density at radius 1 is 0.462 bits per heavy atom. The van der Waals surface area contributed by atoms with Gasteiger partial charge in [0.25, 0.3) is 0 Å². The number of nitrogens with zero attached hydrogens (tertiary/aromatic N) is 5. The van der Waals surface area contributed by atoms with E-state index in [1.165, 1.54) is 42.1 Å². The highest BCUT2D eigenvalue weighted by atomic mass is 32.1. The average molecular weight is 682 g/mol. The van der Waals surface area contributed by atoms with Gasteiger partial charge in [0.2, 0.25) is 0 Å². The number of fused-ring (bicyclic) bond motifs is 6. The lowest BCUT2D eigenvalue weighted by Crippen LogP contribution is -2.00. The van der Waals surface area contributed by atoms with Gasteiger partial charge in [-0.15, -0.1) is 11.3 Å². The van der Waals surface area contributed by atoms with Crippen molar-refractivity contribution in [3.8, 4) is 57.0 Å². The highest BCUT2D eigenvalue weighted by Crippen LogP contribution is 2.42. The van der Waals surface area contributed by atoms with Crippen molar-refractivity contribution in [3.63, 3.8) is 0 Å². The molecular formula is C46H27N5S. The molecule has 0 aliphatic rings. The second kappa shape index (κ2) is 12.1. The molecule has 3 aromatic heterocycles. The molecule has 5 nitrogen and oxygen atoms in total. The van der Waals surface area contributed by atoms with Gasteiger partial charge in [0.15, 0.2) is 17.5 Å². The minimum atomic E-state index is 0.523. The molecule has 0 bridgehead atoms. The molecule has 0 atom stereocenters. The maximum Gasteiger partial charge on any atom is 0.164 e. The molecule has 52 heavy (non-hydrogen) atoms. The van der Waals surface area contributed by atoms with Gasteiger partial charge in [-0.2, -0.15) is 5.26 Å². The van der Waals surface area contributed by atoms with Crippen LogP contribution in [0.1, 0.15) is 5.56 Å². The number of thiophene rings is 1. The number of hydrogen-bond acceptors (Lipinski definition) is 5. The van der Waals surface area contributed by atoms with Crippen LogP contribution in [0.4, 0.5) is 0 Å². The predicted molar refractivity (Wildman–Crippen MR) is 214 cm³/mol. The second-order valence-corrected chi connectivity index (χ2v) is 13.8. The quantitative estimate of drug-likeness (QED) is 0.181. The fourth-order valence-electron chi connectivity index (χ4n) is 7.23. The fraction of sp³-hybridized carbons (Fsp3) is 0. The van der Waals surface area contributed by atoms with E-state index in [4.69, 9.17) is 15.0 Å². The fourth-order valence-corrected chi connectivity index (χ4v) is 8.47. The van der Waals surface area contributed by atoms with Gasteiger partial charge in [-0.3, -0.25) is 0 Å². The summed E-state index contributed by atoms with van der Waals surface area (Å²) in [6.07, 6.45) is 0. The summed E-state index contributed by atoms with van der Waals surface area (Å²) in [5, 5.41) is 14.6. The molecule has 0 amide bonds.